The number of hydrogen-bond donors (Lipinski definition) is 2. The Morgan fingerprint density at radius 2 is 1.58 bits per heavy atom. The van der Waals surface area contributed by atoms with Gasteiger partial charge in [0.2, 0.25) is 9.84 Å². The summed E-state index contributed by atoms with van der Waals surface area (Å²) in [5.41, 5.74) is 1.33. The lowest BCUT2D eigenvalue weighted by Gasteiger charge is -2.12. The molecule has 0 radical (unpaired) electrons. The van der Waals surface area contributed by atoms with Crippen LogP contribution in [0.1, 0.15) is 5.56 Å². The lowest BCUT2D eigenvalue weighted by molar-refractivity contribution is 0.251. The first-order chi connectivity index (χ1) is 16.0. The van der Waals surface area contributed by atoms with Crippen LogP contribution >= 0.6 is 0 Å². The third kappa shape index (κ3) is 5.55. The molecule has 2 N–H and O–H groups in total. The van der Waals surface area contributed by atoms with Gasteiger partial charge in [-0.15, -0.1) is 0 Å². The first kappa shape index (κ1) is 22.0. The van der Waals surface area contributed by atoms with Gasteiger partial charge in [-0.05, 0) is 60.2 Å². The molecule has 3 aromatic carbocycles. The topological polar surface area (TPSA) is 97.4 Å². The second-order valence-corrected chi connectivity index (χ2v) is 8.98. The molecule has 1 heterocycles. The number of hydrogen-bond acceptors (Lipinski definition) is 5. The number of rotatable bonds is 7. The van der Waals surface area contributed by atoms with Crippen LogP contribution in [0.15, 0.2) is 113 Å². The number of carbonyl (C=O) groups excluding carboxylic acids is 1. The van der Waals surface area contributed by atoms with Crippen molar-refractivity contribution in [2.45, 2.75) is 16.3 Å². The van der Waals surface area contributed by atoms with Gasteiger partial charge in [-0.3, -0.25) is 4.98 Å². The van der Waals surface area contributed by atoms with Crippen LogP contribution in [0.4, 0.5) is 10.5 Å². The Morgan fingerprint density at radius 3 is 2.30 bits per heavy atom. The Bertz CT molecular complexity index is 1330. The number of pyridine rings is 1. The summed E-state index contributed by atoms with van der Waals surface area (Å²) < 4.78 is 32.3. The molecule has 4 aromatic rings. The van der Waals surface area contributed by atoms with Crippen molar-refractivity contribution < 1.29 is 17.9 Å². The smallest absolute Gasteiger partial charge is 0.319 e. The van der Waals surface area contributed by atoms with E-state index in [1.54, 1.807) is 48.8 Å². The van der Waals surface area contributed by atoms with E-state index in [-0.39, 0.29) is 15.5 Å². The first-order valence-corrected chi connectivity index (χ1v) is 11.6. The molecule has 1 aromatic heterocycles. The number of carbonyl (C=O) groups is 1. The maximum atomic E-state index is 13.3. The summed E-state index contributed by atoms with van der Waals surface area (Å²) in [5.74, 6) is 0.776. The number of aromatic nitrogens is 1. The molecule has 0 aliphatic carbocycles. The zero-order valence-electron chi connectivity index (χ0n) is 17.5. The van der Waals surface area contributed by atoms with Crippen LogP contribution in [0.25, 0.3) is 0 Å². The SMILES string of the molecule is O=C(NCc1cccnc1)Nc1ccc(S(=O)(=O)c2ccccc2Oc2ccccc2)cc1. The zero-order valence-corrected chi connectivity index (χ0v) is 18.3. The summed E-state index contributed by atoms with van der Waals surface area (Å²) >= 11 is 0. The summed E-state index contributed by atoms with van der Waals surface area (Å²) in [6, 6.07) is 24.7. The first-order valence-electron chi connectivity index (χ1n) is 10.1. The van der Waals surface area contributed by atoms with Gasteiger partial charge in [-0.2, -0.15) is 0 Å². The van der Waals surface area contributed by atoms with E-state index in [4.69, 9.17) is 4.74 Å². The van der Waals surface area contributed by atoms with Crippen LogP contribution in [-0.4, -0.2) is 19.4 Å². The lowest BCUT2D eigenvalue weighted by Crippen LogP contribution is -2.28. The van der Waals surface area contributed by atoms with E-state index >= 15 is 0 Å². The van der Waals surface area contributed by atoms with Gasteiger partial charge in [0.1, 0.15) is 16.4 Å². The highest BCUT2D eigenvalue weighted by Gasteiger charge is 2.22. The number of sulfone groups is 1. The highest BCUT2D eigenvalue weighted by atomic mass is 32.2. The van der Waals surface area contributed by atoms with Crippen molar-refractivity contribution in [1.82, 2.24) is 10.3 Å². The van der Waals surface area contributed by atoms with Crippen LogP contribution in [0.3, 0.4) is 0 Å². The Labute approximate surface area is 192 Å². The summed E-state index contributed by atoms with van der Waals surface area (Å²) in [6.45, 7) is 0.324. The highest BCUT2D eigenvalue weighted by molar-refractivity contribution is 7.91. The maximum Gasteiger partial charge on any atom is 0.319 e. The largest absolute Gasteiger partial charge is 0.456 e. The van der Waals surface area contributed by atoms with Gasteiger partial charge in [-0.25, -0.2) is 13.2 Å². The number of amides is 2. The molecule has 0 bridgehead atoms. The second-order valence-electron chi connectivity index (χ2n) is 7.06. The minimum absolute atomic E-state index is 0.0591. The predicted molar refractivity (Wildman–Crippen MR) is 125 cm³/mol. The molecule has 0 aliphatic heterocycles. The average molecular weight is 460 g/mol. The van der Waals surface area contributed by atoms with Gasteiger partial charge in [0, 0.05) is 24.6 Å². The predicted octanol–water partition coefficient (Wildman–Crippen LogP) is 5.03. The zero-order chi connectivity index (χ0) is 23.1. The number of anilines is 1. The van der Waals surface area contributed by atoms with Crippen molar-refractivity contribution in [3.05, 3.63) is 109 Å². The van der Waals surface area contributed by atoms with Crippen LogP contribution < -0.4 is 15.4 Å². The average Bonchev–Trinajstić information content (AvgIpc) is 2.85. The van der Waals surface area contributed by atoms with E-state index in [0.717, 1.165) is 5.56 Å². The normalized spacial score (nSPS) is 10.9. The summed E-state index contributed by atoms with van der Waals surface area (Å²) in [6.07, 6.45) is 3.32. The van der Waals surface area contributed by atoms with Crippen molar-refractivity contribution in [2.75, 3.05) is 5.32 Å². The third-order valence-electron chi connectivity index (χ3n) is 4.71. The van der Waals surface area contributed by atoms with Crippen molar-refractivity contribution in [2.24, 2.45) is 0 Å². The summed E-state index contributed by atoms with van der Waals surface area (Å²) in [7, 11) is -3.84. The molecule has 4 rings (SSSR count). The fourth-order valence-electron chi connectivity index (χ4n) is 3.08. The Balaban J connectivity index is 1.47. The van der Waals surface area contributed by atoms with Crippen molar-refractivity contribution in [3.8, 4) is 11.5 Å². The number of nitrogens with one attached hydrogen (secondary N) is 2. The molecule has 33 heavy (non-hydrogen) atoms. The molecule has 0 unspecified atom stereocenters. The van der Waals surface area contributed by atoms with Crippen LogP contribution in [0, 0.1) is 0 Å². The number of nitrogens with zero attached hydrogens (tertiary/aromatic N) is 1. The Morgan fingerprint density at radius 1 is 0.848 bits per heavy atom. The number of benzene rings is 3. The molecule has 0 fully saturated rings. The van der Waals surface area contributed by atoms with Crippen molar-refractivity contribution in [1.29, 1.82) is 0 Å². The molecule has 0 saturated carbocycles. The summed E-state index contributed by atoms with van der Waals surface area (Å²) in [4.78, 5) is 16.3. The van der Waals surface area contributed by atoms with Gasteiger partial charge in [0.25, 0.3) is 0 Å². The fraction of sp³-hybridized carbons (Fsp3) is 0.0400. The molecular formula is C25H21N3O4S. The van der Waals surface area contributed by atoms with Crippen molar-refractivity contribution in [3.63, 3.8) is 0 Å². The molecule has 0 spiro atoms. The molecule has 7 nitrogen and oxygen atoms in total. The molecular weight excluding hydrogens is 438 g/mol. The quantitative estimate of drug-likeness (QED) is 0.404. The maximum absolute atomic E-state index is 13.3. The van der Waals surface area contributed by atoms with Gasteiger partial charge in [0.15, 0.2) is 0 Å². The standard InChI is InChI=1S/C25H21N3O4S/c29-25(27-18-19-7-6-16-26-17-19)28-20-12-14-22(15-13-20)33(30,31)24-11-5-4-10-23(24)32-21-8-2-1-3-9-21/h1-17H,18H2,(H2,27,28,29). The summed E-state index contributed by atoms with van der Waals surface area (Å²) in [5, 5.41) is 5.41. The second kappa shape index (κ2) is 9.97. The minimum Gasteiger partial charge on any atom is -0.456 e. The molecule has 8 heteroatoms. The molecule has 0 aliphatic rings. The van der Waals surface area contributed by atoms with Gasteiger partial charge in [0.05, 0.1) is 4.90 Å². The van der Waals surface area contributed by atoms with Gasteiger partial charge in [-0.1, -0.05) is 36.4 Å². The Hall–Kier alpha value is -4.17. The van der Waals surface area contributed by atoms with E-state index in [2.05, 4.69) is 15.6 Å². The minimum atomic E-state index is -3.84. The number of para-hydroxylation sites is 2. The molecule has 166 valence electrons. The lowest BCUT2D eigenvalue weighted by atomic mass is 10.3. The highest BCUT2D eigenvalue weighted by Crippen LogP contribution is 2.32. The fourth-order valence-corrected chi connectivity index (χ4v) is 4.46. The van der Waals surface area contributed by atoms with E-state index in [1.165, 1.54) is 30.3 Å². The van der Waals surface area contributed by atoms with Crippen LogP contribution in [0.5, 0.6) is 11.5 Å². The van der Waals surface area contributed by atoms with E-state index in [1.807, 2.05) is 24.3 Å². The number of urea groups is 1. The monoisotopic (exact) mass is 459 g/mol. The molecule has 2 amide bonds. The van der Waals surface area contributed by atoms with Crippen LogP contribution in [-0.2, 0) is 16.4 Å². The Kier molecular flexibility index (Phi) is 6.66. The number of ether oxygens (including phenoxy) is 1. The van der Waals surface area contributed by atoms with Crippen molar-refractivity contribution >= 4 is 21.6 Å². The molecule has 0 atom stereocenters. The van der Waals surface area contributed by atoms with E-state index in [0.29, 0.717) is 18.0 Å². The van der Waals surface area contributed by atoms with Gasteiger partial charge >= 0.3 is 6.03 Å². The van der Waals surface area contributed by atoms with E-state index < -0.39 is 15.9 Å². The van der Waals surface area contributed by atoms with E-state index in [9.17, 15) is 13.2 Å². The molecule has 0 saturated heterocycles. The van der Waals surface area contributed by atoms with Gasteiger partial charge < -0.3 is 15.4 Å². The third-order valence-corrected chi connectivity index (χ3v) is 6.52. The van der Waals surface area contributed by atoms with Crippen LogP contribution in [0.2, 0.25) is 0 Å².